The molecular formula is C18H24N4O3. The average Bonchev–Trinajstić information content (AvgIpc) is 2.99. The van der Waals surface area contributed by atoms with E-state index in [1.54, 1.807) is 0 Å². The van der Waals surface area contributed by atoms with Crippen LogP contribution in [0.1, 0.15) is 23.2 Å². The van der Waals surface area contributed by atoms with Crippen LogP contribution in [-0.4, -0.2) is 61.0 Å². The molecule has 0 saturated carbocycles. The number of carbonyl (C=O) groups is 1. The summed E-state index contributed by atoms with van der Waals surface area (Å²) in [7, 11) is 2.01. The molecule has 1 atom stereocenters. The summed E-state index contributed by atoms with van der Waals surface area (Å²) in [5.41, 5.74) is 2.51. The molecule has 2 aliphatic rings. The first kappa shape index (κ1) is 16.4. The van der Waals surface area contributed by atoms with Crippen molar-refractivity contribution in [3.8, 4) is 0 Å². The lowest BCUT2D eigenvalue weighted by molar-refractivity contribution is 0.0624. The summed E-state index contributed by atoms with van der Waals surface area (Å²) in [6, 6.07) is 5.81. The van der Waals surface area contributed by atoms with Crippen LogP contribution in [0, 0.1) is 0 Å². The number of nitrogens with one attached hydrogen (secondary N) is 1. The number of carbonyl (C=O) groups excluding carboxylic acids is 1. The van der Waals surface area contributed by atoms with Crippen molar-refractivity contribution in [3.63, 3.8) is 0 Å². The number of fused-ring (bicyclic) bond motifs is 1. The van der Waals surface area contributed by atoms with E-state index in [-0.39, 0.29) is 11.9 Å². The smallest absolute Gasteiger partial charge is 0.251 e. The van der Waals surface area contributed by atoms with Crippen molar-refractivity contribution in [2.45, 2.75) is 18.9 Å². The van der Waals surface area contributed by atoms with Gasteiger partial charge in [0.05, 0.1) is 36.9 Å². The third-order valence-electron chi connectivity index (χ3n) is 4.91. The molecule has 4 rings (SSSR count). The number of nitrogens with zero attached hydrogens (tertiary/aromatic N) is 3. The number of morpholine rings is 1. The summed E-state index contributed by atoms with van der Waals surface area (Å²) in [5, 5.41) is 3.06. The highest BCUT2D eigenvalue weighted by molar-refractivity contribution is 5.97. The zero-order chi connectivity index (χ0) is 17.2. The first-order valence-corrected chi connectivity index (χ1v) is 8.90. The molecule has 1 aromatic carbocycles. The number of benzene rings is 1. The predicted octanol–water partition coefficient (Wildman–Crippen LogP) is 1.32. The number of aryl methyl sites for hydroxylation is 1. The van der Waals surface area contributed by atoms with E-state index >= 15 is 0 Å². The third kappa shape index (κ3) is 3.34. The van der Waals surface area contributed by atoms with Crippen LogP contribution in [0.4, 0.5) is 5.95 Å². The molecule has 0 unspecified atom stereocenters. The van der Waals surface area contributed by atoms with Gasteiger partial charge in [-0.25, -0.2) is 4.98 Å². The Balaban J connectivity index is 1.56. The summed E-state index contributed by atoms with van der Waals surface area (Å²) in [6.07, 6.45) is 1.96. The van der Waals surface area contributed by atoms with Crippen molar-refractivity contribution in [3.05, 3.63) is 23.8 Å². The molecule has 3 heterocycles. The number of amides is 1. The molecular weight excluding hydrogens is 320 g/mol. The van der Waals surface area contributed by atoms with E-state index < -0.39 is 0 Å². The van der Waals surface area contributed by atoms with E-state index in [1.165, 1.54) is 0 Å². The number of ether oxygens (including phenoxy) is 2. The van der Waals surface area contributed by atoms with E-state index in [1.807, 2.05) is 25.2 Å². The minimum absolute atomic E-state index is 0.0593. The van der Waals surface area contributed by atoms with Crippen LogP contribution >= 0.6 is 0 Å². The van der Waals surface area contributed by atoms with Gasteiger partial charge in [-0.05, 0) is 31.0 Å². The van der Waals surface area contributed by atoms with Crippen molar-refractivity contribution in [1.82, 2.24) is 14.9 Å². The maximum Gasteiger partial charge on any atom is 0.251 e. The predicted molar refractivity (Wildman–Crippen MR) is 95.1 cm³/mol. The van der Waals surface area contributed by atoms with Crippen molar-refractivity contribution >= 4 is 22.9 Å². The van der Waals surface area contributed by atoms with Gasteiger partial charge >= 0.3 is 0 Å². The highest BCUT2D eigenvalue weighted by Crippen LogP contribution is 2.23. The number of anilines is 1. The quantitative estimate of drug-likeness (QED) is 0.909. The third-order valence-corrected chi connectivity index (χ3v) is 4.91. The Morgan fingerprint density at radius 2 is 2.08 bits per heavy atom. The maximum absolute atomic E-state index is 12.5. The van der Waals surface area contributed by atoms with Gasteiger partial charge in [0, 0.05) is 32.3 Å². The SMILES string of the molecule is Cn1c(N2CCOCC2)nc2cc(C(=O)N[C@@H]3CCCOC3)ccc21. The second-order valence-corrected chi connectivity index (χ2v) is 6.66. The second-order valence-electron chi connectivity index (χ2n) is 6.66. The molecule has 1 aromatic heterocycles. The molecule has 2 aromatic rings. The molecule has 0 aliphatic carbocycles. The maximum atomic E-state index is 12.5. The van der Waals surface area contributed by atoms with Crippen LogP contribution in [-0.2, 0) is 16.5 Å². The van der Waals surface area contributed by atoms with E-state index in [2.05, 4.69) is 14.8 Å². The highest BCUT2D eigenvalue weighted by atomic mass is 16.5. The largest absolute Gasteiger partial charge is 0.379 e. The number of hydrogen-bond acceptors (Lipinski definition) is 5. The monoisotopic (exact) mass is 344 g/mol. The van der Waals surface area contributed by atoms with Gasteiger partial charge in [-0.15, -0.1) is 0 Å². The van der Waals surface area contributed by atoms with Gasteiger partial charge < -0.3 is 24.3 Å². The highest BCUT2D eigenvalue weighted by Gasteiger charge is 2.20. The van der Waals surface area contributed by atoms with E-state index in [4.69, 9.17) is 14.5 Å². The summed E-state index contributed by atoms with van der Waals surface area (Å²) < 4.78 is 12.9. The Hall–Kier alpha value is -2.12. The molecule has 0 bridgehead atoms. The summed E-state index contributed by atoms with van der Waals surface area (Å²) in [6.45, 7) is 4.51. The lowest BCUT2D eigenvalue weighted by Gasteiger charge is -2.27. The molecule has 1 N–H and O–H groups in total. The molecule has 25 heavy (non-hydrogen) atoms. The molecule has 2 fully saturated rings. The fourth-order valence-corrected chi connectivity index (χ4v) is 3.50. The second kappa shape index (κ2) is 7.01. The molecule has 1 amide bonds. The van der Waals surface area contributed by atoms with E-state index in [9.17, 15) is 4.79 Å². The lowest BCUT2D eigenvalue weighted by Crippen LogP contribution is -2.40. The van der Waals surface area contributed by atoms with Crippen molar-refractivity contribution < 1.29 is 14.3 Å². The van der Waals surface area contributed by atoms with Crippen molar-refractivity contribution in [2.24, 2.45) is 7.05 Å². The number of rotatable bonds is 3. The molecule has 2 aliphatic heterocycles. The molecule has 7 nitrogen and oxygen atoms in total. The van der Waals surface area contributed by atoms with Crippen LogP contribution in [0.5, 0.6) is 0 Å². The van der Waals surface area contributed by atoms with Gasteiger partial charge in [0.1, 0.15) is 0 Å². The zero-order valence-electron chi connectivity index (χ0n) is 14.5. The van der Waals surface area contributed by atoms with Gasteiger partial charge in [-0.3, -0.25) is 4.79 Å². The normalized spacial score (nSPS) is 21.5. The van der Waals surface area contributed by atoms with Crippen LogP contribution in [0.3, 0.4) is 0 Å². The van der Waals surface area contributed by atoms with Gasteiger partial charge in [-0.2, -0.15) is 0 Å². The van der Waals surface area contributed by atoms with Gasteiger partial charge in [-0.1, -0.05) is 0 Å². The summed E-state index contributed by atoms with van der Waals surface area (Å²) >= 11 is 0. The number of imidazole rings is 1. The topological polar surface area (TPSA) is 68.6 Å². The van der Waals surface area contributed by atoms with Gasteiger partial charge in [0.25, 0.3) is 5.91 Å². The Labute approximate surface area is 146 Å². The molecule has 134 valence electrons. The van der Waals surface area contributed by atoms with Gasteiger partial charge in [0.15, 0.2) is 0 Å². The van der Waals surface area contributed by atoms with Crippen molar-refractivity contribution in [1.29, 1.82) is 0 Å². The molecule has 0 radical (unpaired) electrons. The van der Waals surface area contributed by atoms with Crippen LogP contribution in [0.25, 0.3) is 11.0 Å². The Morgan fingerprint density at radius 1 is 1.24 bits per heavy atom. The fraction of sp³-hybridized carbons (Fsp3) is 0.556. The zero-order valence-corrected chi connectivity index (χ0v) is 14.5. The molecule has 7 heteroatoms. The van der Waals surface area contributed by atoms with Crippen LogP contribution < -0.4 is 10.2 Å². The molecule has 0 spiro atoms. The summed E-state index contributed by atoms with van der Waals surface area (Å²) in [4.78, 5) is 19.5. The van der Waals surface area contributed by atoms with Crippen LogP contribution in [0.15, 0.2) is 18.2 Å². The van der Waals surface area contributed by atoms with Crippen LogP contribution in [0.2, 0.25) is 0 Å². The van der Waals surface area contributed by atoms with Gasteiger partial charge in [0.2, 0.25) is 5.95 Å². The minimum Gasteiger partial charge on any atom is -0.379 e. The standard InChI is InChI=1S/C18H24N4O3/c1-21-16-5-4-13(17(23)19-14-3-2-8-25-12-14)11-15(16)20-18(21)22-6-9-24-10-7-22/h4-5,11,14H,2-3,6-10,12H2,1H3,(H,19,23)/t14-/m1/s1. The Kier molecular flexibility index (Phi) is 4.59. The van der Waals surface area contributed by atoms with E-state index in [0.717, 1.165) is 62.7 Å². The van der Waals surface area contributed by atoms with E-state index in [0.29, 0.717) is 12.2 Å². The average molecular weight is 344 g/mol. The minimum atomic E-state index is -0.0593. The van der Waals surface area contributed by atoms with Crippen molar-refractivity contribution in [2.75, 3.05) is 44.4 Å². The molecule has 2 saturated heterocycles. The number of aromatic nitrogens is 2. The number of hydrogen-bond donors (Lipinski definition) is 1. The fourth-order valence-electron chi connectivity index (χ4n) is 3.50. The lowest BCUT2D eigenvalue weighted by atomic mass is 10.1. The first-order valence-electron chi connectivity index (χ1n) is 8.90. The Morgan fingerprint density at radius 3 is 2.84 bits per heavy atom. The first-order chi connectivity index (χ1) is 12.2. The summed E-state index contributed by atoms with van der Waals surface area (Å²) in [5.74, 6) is 0.868. The Bertz CT molecular complexity index is 761.